The summed E-state index contributed by atoms with van der Waals surface area (Å²) in [5.74, 6) is 0.649. The highest BCUT2D eigenvalue weighted by Gasteiger charge is 2.30. The highest BCUT2D eigenvalue weighted by Crippen LogP contribution is 2.16. The van der Waals surface area contributed by atoms with Crippen molar-refractivity contribution in [3.05, 3.63) is 35.9 Å². The van der Waals surface area contributed by atoms with E-state index in [1.54, 1.807) is 6.21 Å². The lowest BCUT2D eigenvalue weighted by Crippen LogP contribution is -2.19. The van der Waals surface area contributed by atoms with Crippen molar-refractivity contribution in [3.63, 3.8) is 0 Å². The molecule has 19 heavy (non-hydrogen) atoms. The van der Waals surface area contributed by atoms with E-state index < -0.39 is 0 Å². The van der Waals surface area contributed by atoms with E-state index in [1.165, 1.54) is 5.01 Å². The molecule has 0 radical (unpaired) electrons. The minimum absolute atomic E-state index is 0.0661. The summed E-state index contributed by atoms with van der Waals surface area (Å²) < 4.78 is 5.24. The van der Waals surface area contributed by atoms with Gasteiger partial charge in [0.15, 0.2) is 0 Å². The zero-order valence-corrected chi connectivity index (χ0v) is 11.4. The van der Waals surface area contributed by atoms with Gasteiger partial charge in [0.25, 0.3) is 0 Å². The standard InChI is InChI=1S/C14H17ClN2O2/c15-9-5-4-8-13-11-17(14(18)19-13)16-10-12-6-2-1-3-7-12/h1-3,6-7,10,13H,4-5,8-9,11H2. The third kappa shape index (κ3) is 4.24. The van der Waals surface area contributed by atoms with Gasteiger partial charge in [0, 0.05) is 5.88 Å². The third-order valence-corrected chi connectivity index (χ3v) is 3.18. The normalized spacial score (nSPS) is 19.1. The number of unbranched alkanes of at least 4 members (excludes halogenated alkanes) is 1. The van der Waals surface area contributed by atoms with E-state index in [4.69, 9.17) is 16.3 Å². The number of amides is 1. The Balaban J connectivity index is 1.85. The smallest absolute Gasteiger partial charge is 0.430 e. The molecule has 1 aromatic carbocycles. The van der Waals surface area contributed by atoms with Crippen LogP contribution in [0.4, 0.5) is 4.79 Å². The van der Waals surface area contributed by atoms with Gasteiger partial charge in [-0.2, -0.15) is 10.1 Å². The number of halogens is 1. The molecular weight excluding hydrogens is 264 g/mol. The molecular formula is C14H17ClN2O2. The first-order valence-electron chi connectivity index (χ1n) is 6.43. The van der Waals surface area contributed by atoms with E-state index in [-0.39, 0.29) is 12.2 Å². The molecule has 1 atom stereocenters. The molecule has 0 N–H and O–H groups in total. The van der Waals surface area contributed by atoms with Crippen molar-refractivity contribution < 1.29 is 9.53 Å². The molecule has 5 heteroatoms. The van der Waals surface area contributed by atoms with E-state index in [0.717, 1.165) is 24.8 Å². The first kappa shape index (κ1) is 13.9. The number of rotatable bonds is 6. The summed E-state index contributed by atoms with van der Waals surface area (Å²) in [6.07, 6.45) is 3.99. The van der Waals surface area contributed by atoms with E-state index in [2.05, 4.69) is 5.10 Å². The molecule has 1 fully saturated rings. The predicted molar refractivity (Wildman–Crippen MR) is 75.6 cm³/mol. The molecule has 1 aromatic rings. The van der Waals surface area contributed by atoms with Crippen LogP contribution in [0.3, 0.4) is 0 Å². The maximum atomic E-state index is 11.6. The first-order valence-corrected chi connectivity index (χ1v) is 6.96. The second-order valence-corrected chi connectivity index (χ2v) is 4.81. The summed E-state index contributed by atoms with van der Waals surface area (Å²) in [6.45, 7) is 0.518. The van der Waals surface area contributed by atoms with Crippen LogP contribution < -0.4 is 0 Å². The Morgan fingerprint density at radius 3 is 2.89 bits per heavy atom. The van der Waals surface area contributed by atoms with Crippen LogP contribution >= 0.6 is 11.6 Å². The van der Waals surface area contributed by atoms with Crippen LogP contribution in [-0.4, -0.2) is 35.8 Å². The van der Waals surface area contributed by atoms with Crippen molar-refractivity contribution in [3.8, 4) is 0 Å². The van der Waals surface area contributed by atoms with E-state index in [9.17, 15) is 4.79 Å². The highest BCUT2D eigenvalue weighted by molar-refractivity contribution is 6.17. The van der Waals surface area contributed by atoms with E-state index >= 15 is 0 Å². The minimum Gasteiger partial charge on any atom is -0.443 e. The summed E-state index contributed by atoms with van der Waals surface area (Å²) in [5, 5.41) is 5.53. The van der Waals surface area contributed by atoms with Gasteiger partial charge in [0.05, 0.1) is 12.8 Å². The molecule has 1 aliphatic rings. The number of carbonyl (C=O) groups is 1. The van der Waals surface area contributed by atoms with Gasteiger partial charge >= 0.3 is 6.09 Å². The monoisotopic (exact) mass is 280 g/mol. The van der Waals surface area contributed by atoms with Crippen LogP contribution in [0.5, 0.6) is 0 Å². The van der Waals surface area contributed by atoms with Crippen LogP contribution in [0.15, 0.2) is 35.4 Å². The summed E-state index contributed by atoms with van der Waals surface area (Å²) in [7, 11) is 0. The lowest BCUT2D eigenvalue weighted by Gasteiger charge is -2.06. The predicted octanol–water partition coefficient (Wildman–Crippen LogP) is 3.25. The van der Waals surface area contributed by atoms with Gasteiger partial charge < -0.3 is 4.74 Å². The molecule has 0 aliphatic carbocycles. The number of alkyl halides is 1. The lowest BCUT2D eigenvalue weighted by molar-refractivity contribution is 0.128. The number of carbonyl (C=O) groups excluding carboxylic acids is 1. The Labute approximate surface area is 118 Å². The van der Waals surface area contributed by atoms with Crippen LogP contribution in [0.25, 0.3) is 0 Å². The SMILES string of the molecule is O=C1OC(CCCCCl)CN1N=Cc1ccccc1. The van der Waals surface area contributed by atoms with Gasteiger partial charge in [0.2, 0.25) is 0 Å². The minimum atomic E-state index is -0.372. The lowest BCUT2D eigenvalue weighted by atomic mass is 10.2. The third-order valence-electron chi connectivity index (χ3n) is 2.91. The van der Waals surface area contributed by atoms with Crippen molar-refractivity contribution in [2.24, 2.45) is 5.10 Å². The Morgan fingerprint density at radius 2 is 2.16 bits per heavy atom. The fourth-order valence-corrected chi connectivity index (χ4v) is 2.08. The van der Waals surface area contributed by atoms with Crippen LogP contribution in [0.2, 0.25) is 0 Å². The van der Waals surface area contributed by atoms with Gasteiger partial charge in [-0.05, 0) is 24.8 Å². The van der Waals surface area contributed by atoms with Crippen molar-refractivity contribution >= 4 is 23.9 Å². The molecule has 1 saturated heterocycles. The maximum Gasteiger partial charge on any atom is 0.430 e. The highest BCUT2D eigenvalue weighted by atomic mass is 35.5. The number of benzene rings is 1. The van der Waals surface area contributed by atoms with Gasteiger partial charge in [-0.3, -0.25) is 0 Å². The Bertz CT molecular complexity index is 436. The molecule has 0 aromatic heterocycles. The van der Waals surface area contributed by atoms with Gasteiger partial charge in [-0.15, -0.1) is 11.6 Å². The van der Waals surface area contributed by atoms with Gasteiger partial charge in [-0.1, -0.05) is 30.3 Å². The van der Waals surface area contributed by atoms with Gasteiger partial charge in [0.1, 0.15) is 6.10 Å². The van der Waals surface area contributed by atoms with Crippen molar-refractivity contribution in [2.75, 3.05) is 12.4 Å². The van der Waals surface area contributed by atoms with Crippen LogP contribution in [0, 0.1) is 0 Å². The molecule has 0 bridgehead atoms. The van der Waals surface area contributed by atoms with Crippen LogP contribution in [-0.2, 0) is 4.74 Å². The van der Waals surface area contributed by atoms with Crippen molar-refractivity contribution in [1.29, 1.82) is 0 Å². The zero-order valence-electron chi connectivity index (χ0n) is 10.7. The molecule has 1 amide bonds. The average molecular weight is 281 g/mol. The number of hydrogen-bond donors (Lipinski definition) is 0. The van der Waals surface area contributed by atoms with Crippen molar-refractivity contribution in [2.45, 2.75) is 25.4 Å². The molecule has 0 spiro atoms. The number of nitrogens with zero attached hydrogens (tertiary/aromatic N) is 2. The topological polar surface area (TPSA) is 41.9 Å². The van der Waals surface area contributed by atoms with Crippen molar-refractivity contribution in [1.82, 2.24) is 5.01 Å². The first-order chi connectivity index (χ1) is 9.29. The van der Waals surface area contributed by atoms with E-state index in [0.29, 0.717) is 12.4 Å². The summed E-state index contributed by atoms with van der Waals surface area (Å²) in [5.41, 5.74) is 0.959. The maximum absolute atomic E-state index is 11.6. The molecule has 1 aliphatic heterocycles. The summed E-state index contributed by atoms with van der Waals surface area (Å²) in [4.78, 5) is 11.6. The molecule has 1 heterocycles. The quantitative estimate of drug-likeness (QED) is 0.456. The van der Waals surface area contributed by atoms with Crippen LogP contribution in [0.1, 0.15) is 24.8 Å². The van der Waals surface area contributed by atoms with E-state index in [1.807, 2.05) is 30.3 Å². The molecule has 4 nitrogen and oxygen atoms in total. The number of hydrogen-bond acceptors (Lipinski definition) is 3. The molecule has 0 saturated carbocycles. The second-order valence-electron chi connectivity index (χ2n) is 4.43. The molecule has 2 rings (SSSR count). The number of cyclic esters (lactones) is 1. The second kappa shape index (κ2) is 7.14. The number of hydrazone groups is 1. The summed E-state index contributed by atoms with van der Waals surface area (Å²) >= 11 is 5.62. The average Bonchev–Trinajstić information content (AvgIpc) is 2.78. The fourth-order valence-electron chi connectivity index (χ4n) is 1.89. The Kier molecular flexibility index (Phi) is 5.21. The van der Waals surface area contributed by atoms with Gasteiger partial charge in [-0.25, -0.2) is 4.79 Å². The largest absolute Gasteiger partial charge is 0.443 e. The Morgan fingerprint density at radius 1 is 1.37 bits per heavy atom. The summed E-state index contributed by atoms with van der Waals surface area (Å²) in [6, 6.07) is 9.66. The molecule has 102 valence electrons. The Hall–Kier alpha value is -1.55. The molecule has 1 unspecified atom stereocenters. The number of ether oxygens (including phenoxy) is 1. The zero-order chi connectivity index (χ0) is 13.5. The fraction of sp³-hybridized carbons (Fsp3) is 0.429.